The van der Waals surface area contributed by atoms with Crippen molar-refractivity contribution in [2.75, 3.05) is 0 Å². The van der Waals surface area contributed by atoms with Crippen LogP contribution in [0.25, 0.3) is 17.2 Å². The van der Waals surface area contributed by atoms with E-state index in [2.05, 4.69) is 0 Å². The van der Waals surface area contributed by atoms with E-state index in [1.165, 1.54) is 6.92 Å². The van der Waals surface area contributed by atoms with Crippen LogP contribution in [0.5, 0.6) is 5.75 Å². The molecule has 2 aromatic rings. The summed E-state index contributed by atoms with van der Waals surface area (Å²) in [6, 6.07) is 14.9. The van der Waals surface area contributed by atoms with Gasteiger partial charge >= 0.3 is 0 Å². The Morgan fingerprint density at radius 1 is 1.06 bits per heavy atom. The molecule has 18 heavy (non-hydrogen) atoms. The highest BCUT2D eigenvalue weighted by molar-refractivity contribution is 5.91. The van der Waals surface area contributed by atoms with Crippen LogP contribution in [-0.4, -0.2) is 10.9 Å². The molecule has 0 bridgehead atoms. The van der Waals surface area contributed by atoms with E-state index in [4.69, 9.17) is 0 Å². The molecule has 0 saturated heterocycles. The topological polar surface area (TPSA) is 37.3 Å². The fourth-order valence-corrected chi connectivity index (χ4v) is 1.69. The number of hydrogen-bond donors (Lipinski definition) is 1. The third-order valence-electron chi connectivity index (χ3n) is 2.60. The van der Waals surface area contributed by atoms with Gasteiger partial charge in [0.15, 0.2) is 5.78 Å². The molecule has 1 N–H and O–H groups in total. The summed E-state index contributed by atoms with van der Waals surface area (Å²) < 4.78 is 0. The summed E-state index contributed by atoms with van der Waals surface area (Å²) in [5.74, 6) is 0.288. The molecular formula is C16H14O2. The van der Waals surface area contributed by atoms with Crippen LogP contribution >= 0.6 is 0 Å². The SMILES string of the molecule is CC(=O)/C=C/c1cccc(-c2ccc(O)cc2)c1. The van der Waals surface area contributed by atoms with E-state index >= 15 is 0 Å². The largest absolute Gasteiger partial charge is 0.508 e. The van der Waals surface area contributed by atoms with Gasteiger partial charge in [-0.05, 0) is 47.9 Å². The van der Waals surface area contributed by atoms with Gasteiger partial charge in [0.05, 0.1) is 0 Å². The molecule has 0 radical (unpaired) electrons. The maximum atomic E-state index is 10.9. The Kier molecular flexibility index (Phi) is 3.58. The number of carbonyl (C=O) groups excluding carboxylic acids is 1. The number of phenolic OH excluding ortho intramolecular Hbond substituents is 1. The average molecular weight is 238 g/mol. The summed E-state index contributed by atoms with van der Waals surface area (Å²) in [7, 11) is 0. The van der Waals surface area contributed by atoms with Crippen molar-refractivity contribution in [1.29, 1.82) is 0 Å². The molecule has 90 valence electrons. The molecule has 2 rings (SSSR count). The van der Waals surface area contributed by atoms with Crippen molar-refractivity contribution < 1.29 is 9.90 Å². The first-order valence-corrected chi connectivity index (χ1v) is 5.73. The molecule has 0 atom stereocenters. The Morgan fingerprint density at radius 3 is 2.44 bits per heavy atom. The van der Waals surface area contributed by atoms with E-state index in [1.54, 1.807) is 24.3 Å². The van der Waals surface area contributed by atoms with Crippen molar-refractivity contribution in [3.63, 3.8) is 0 Å². The number of allylic oxidation sites excluding steroid dienone is 1. The molecule has 2 aromatic carbocycles. The summed E-state index contributed by atoms with van der Waals surface area (Å²) in [6.07, 6.45) is 3.35. The summed E-state index contributed by atoms with van der Waals surface area (Å²) >= 11 is 0. The molecule has 0 saturated carbocycles. The highest BCUT2D eigenvalue weighted by atomic mass is 16.3. The van der Waals surface area contributed by atoms with Gasteiger partial charge in [0, 0.05) is 0 Å². The van der Waals surface area contributed by atoms with Crippen molar-refractivity contribution >= 4 is 11.9 Å². The first-order valence-electron chi connectivity index (χ1n) is 5.73. The second-order valence-electron chi connectivity index (χ2n) is 4.12. The van der Waals surface area contributed by atoms with E-state index in [9.17, 15) is 9.90 Å². The monoisotopic (exact) mass is 238 g/mol. The van der Waals surface area contributed by atoms with E-state index in [-0.39, 0.29) is 11.5 Å². The molecule has 0 fully saturated rings. The Balaban J connectivity index is 2.32. The number of benzene rings is 2. The molecule has 0 aliphatic rings. The first-order chi connectivity index (χ1) is 8.65. The molecule has 0 aliphatic heterocycles. The maximum absolute atomic E-state index is 10.9. The van der Waals surface area contributed by atoms with Crippen LogP contribution in [-0.2, 0) is 4.79 Å². The number of rotatable bonds is 3. The van der Waals surface area contributed by atoms with Crippen molar-refractivity contribution in [3.8, 4) is 16.9 Å². The van der Waals surface area contributed by atoms with E-state index in [1.807, 2.05) is 36.4 Å². The number of ketones is 1. The maximum Gasteiger partial charge on any atom is 0.152 e. The van der Waals surface area contributed by atoms with Crippen LogP contribution in [0, 0.1) is 0 Å². The zero-order valence-corrected chi connectivity index (χ0v) is 10.1. The quantitative estimate of drug-likeness (QED) is 0.828. The zero-order valence-electron chi connectivity index (χ0n) is 10.1. The lowest BCUT2D eigenvalue weighted by Crippen LogP contribution is -1.82. The summed E-state index contributed by atoms with van der Waals surface area (Å²) in [6.45, 7) is 1.53. The molecule has 0 spiro atoms. The van der Waals surface area contributed by atoms with Gasteiger partial charge < -0.3 is 5.11 Å². The molecule has 0 unspecified atom stereocenters. The number of hydrogen-bond acceptors (Lipinski definition) is 2. The van der Waals surface area contributed by atoms with E-state index in [0.29, 0.717) is 0 Å². The second-order valence-corrected chi connectivity index (χ2v) is 4.12. The highest BCUT2D eigenvalue weighted by Crippen LogP contribution is 2.23. The van der Waals surface area contributed by atoms with Crippen LogP contribution in [0.3, 0.4) is 0 Å². The van der Waals surface area contributed by atoms with Crippen molar-refractivity contribution in [3.05, 3.63) is 60.2 Å². The Morgan fingerprint density at radius 2 is 1.78 bits per heavy atom. The smallest absolute Gasteiger partial charge is 0.152 e. The minimum absolute atomic E-state index is 0.0324. The summed E-state index contributed by atoms with van der Waals surface area (Å²) in [5, 5.41) is 9.25. The van der Waals surface area contributed by atoms with Gasteiger partial charge in [-0.2, -0.15) is 0 Å². The number of carbonyl (C=O) groups is 1. The Hall–Kier alpha value is -2.35. The highest BCUT2D eigenvalue weighted by Gasteiger charge is 1.98. The summed E-state index contributed by atoms with van der Waals surface area (Å²) in [5.41, 5.74) is 3.07. The molecule has 2 heteroatoms. The van der Waals surface area contributed by atoms with Gasteiger partial charge in [-0.1, -0.05) is 36.4 Å². The van der Waals surface area contributed by atoms with Crippen LogP contribution in [0.4, 0.5) is 0 Å². The number of aromatic hydroxyl groups is 1. The third-order valence-corrected chi connectivity index (χ3v) is 2.60. The first kappa shape index (κ1) is 12.1. The molecule has 0 heterocycles. The third kappa shape index (κ3) is 3.08. The van der Waals surface area contributed by atoms with Gasteiger partial charge in [0.2, 0.25) is 0 Å². The lowest BCUT2D eigenvalue weighted by Gasteiger charge is -2.03. The predicted octanol–water partition coefficient (Wildman–Crippen LogP) is 3.66. The van der Waals surface area contributed by atoms with Crippen molar-refractivity contribution in [1.82, 2.24) is 0 Å². The molecular weight excluding hydrogens is 224 g/mol. The van der Waals surface area contributed by atoms with Crippen LogP contribution in [0.1, 0.15) is 12.5 Å². The van der Waals surface area contributed by atoms with Crippen molar-refractivity contribution in [2.24, 2.45) is 0 Å². The van der Waals surface area contributed by atoms with E-state index < -0.39 is 0 Å². The average Bonchev–Trinajstić information content (AvgIpc) is 2.37. The lowest BCUT2D eigenvalue weighted by molar-refractivity contribution is -0.112. The fourth-order valence-electron chi connectivity index (χ4n) is 1.69. The molecule has 2 nitrogen and oxygen atoms in total. The minimum atomic E-state index is 0.0324. The molecule has 0 aliphatic carbocycles. The number of phenols is 1. The normalized spacial score (nSPS) is 10.7. The van der Waals surface area contributed by atoms with Crippen LogP contribution in [0.2, 0.25) is 0 Å². The van der Waals surface area contributed by atoms with Gasteiger partial charge in [-0.15, -0.1) is 0 Å². The van der Waals surface area contributed by atoms with Crippen LogP contribution in [0.15, 0.2) is 54.6 Å². The molecule has 0 amide bonds. The van der Waals surface area contributed by atoms with E-state index in [0.717, 1.165) is 16.7 Å². The standard InChI is InChI=1S/C16H14O2/c1-12(17)5-6-13-3-2-4-15(11-13)14-7-9-16(18)10-8-14/h2-11,18H,1H3/b6-5+. The second kappa shape index (κ2) is 5.32. The zero-order chi connectivity index (χ0) is 13.0. The van der Waals surface area contributed by atoms with Gasteiger partial charge in [-0.25, -0.2) is 0 Å². The molecule has 0 aromatic heterocycles. The van der Waals surface area contributed by atoms with Gasteiger partial charge in [0.1, 0.15) is 5.75 Å². The van der Waals surface area contributed by atoms with Crippen LogP contribution < -0.4 is 0 Å². The lowest BCUT2D eigenvalue weighted by atomic mass is 10.0. The predicted molar refractivity (Wildman–Crippen MR) is 73.3 cm³/mol. The van der Waals surface area contributed by atoms with Crippen molar-refractivity contribution in [2.45, 2.75) is 6.92 Å². The summed E-state index contributed by atoms with van der Waals surface area (Å²) in [4.78, 5) is 10.9. The fraction of sp³-hybridized carbons (Fsp3) is 0.0625. The Bertz CT molecular complexity index is 580. The minimum Gasteiger partial charge on any atom is -0.508 e. The van der Waals surface area contributed by atoms with Gasteiger partial charge in [-0.3, -0.25) is 4.79 Å². The van der Waals surface area contributed by atoms with Gasteiger partial charge in [0.25, 0.3) is 0 Å². The Labute approximate surface area is 106 Å².